The standard InChI is InChI=1S/C15H21NO3/c1-3-4-5-6-11-16-15(18)13-7-9-14(10-8-13)19-12(2)17/h7-10H,3-6,11H2,1-2H3,(H,16,18). The molecule has 0 unspecified atom stereocenters. The molecule has 0 spiro atoms. The Balaban J connectivity index is 2.38. The molecule has 0 fully saturated rings. The summed E-state index contributed by atoms with van der Waals surface area (Å²) >= 11 is 0. The predicted molar refractivity (Wildman–Crippen MR) is 74.2 cm³/mol. The average Bonchev–Trinajstić information content (AvgIpc) is 2.38. The monoisotopic (exact) mass is 263 g/mol. The number of carbonyl (C=O) groups excluding carboxylic acids is 2. The van der Waals surface area contributed by atoms with Gasteiger partial charge in [-0.25, -0.2) is 0 Å². The quantitative estimate of drug-likeness (QED) is 0.467. The predicted octanol–water partition coefficient (Wildman–Crippen LogP) is 2.92. The van der Waals surface area contributed by atoms with Crippen molar-refractivity contribution in [1.29, 1.82) is 0 Å². The normalized spacial score (nSPS) is 10.0. The van der Waals surface area contributed by atoms with Crippen LogP contribution in [0, 0.1) is 0 Å². The van der Waals surface area contributed by atoms with Gasteiger partial charge in [-0.2, -0.15) is 0 Å². The van der Waals surface area contributed by atoms with Crippen molar-refractivity contribution in [3.05, 3.63) is 29.8 Å². The van der Waals surface area contributed by atoms with Crippen molar-refractivity contribution in [1.82, 2.24) is 5.32 Å². The molecule has 0 heterocycles. The summed E-state index contributed by atoms with van der Waals surface area (Å²) in [5, 5.41) is 2.87. The highest BCUT2D eigenvalue weighted by Crippen LogP contribution is 2.12. The number of unbranched alkanes of at least 4 members (excludes halogenated alkanes) is 3. The lowest BCUT2D eigenvalue weighted by atomic mass is 10.2. The Labute approximate surface area is 114 Å². The maximum absolute atomic E-state index is 11.8. The van der Waals surface area contributed by atoms with E-state index in [1.165, 1.54) is 19.8 Å². The molecular weight excluding hydrogens is 242 g/mol. The van der Waals surface area contributed by atoms with Crippen molar-refractivity contribution in [3.63, 3.8) is 0 Å². The summed E-state index contributed by atoms with van der Waals surface area (Å²) in [5.74, 6) is -0.00834. The van der Waals surface area contributed by atoms with Crippen molar-refractivity contribution >= 4 is 11.9 Å². The SMILES string of the molecule is CCCCCCNC(=O)c1ccc(OC(C)=O)cc1. The smallest absolute Gasteiger partial charge is 0.308 e. The molecule has 0 saturated heterocycles. The lowest BCUT2D eigenvalue weighted by molar-refractivity contribution is -0.131. The van der Waals surface area contributed by atoms with E-state index >= 15 is 0 Å². The van der Waals surface area contributed by atoms with Gasteiger partial charge in [-0.15, -0.1) is 0 Å². The second-order valence-electron chi connectivity index (χ2n) is 4.43. The molecule has 0 saturated carbocycles. The van der Waals surface area contributed by atoms with E-state index in [0.29, 0.717) is 17.9 Å². The van der Waals surface area contributed by atoms with Crippen LogP contribution in [-0.2, 0) is 4.79 Å². The zero-order valence-electron chi connectivity index (χ0n) is 11.6. The summed E-state index contributed by atoms with van der Waals surface area (Å²) in [5.41, 5.74) is 0.575. The number of amides is 1. The summed E-state index contributed by atoms with van der Waals surface area (Å²) in [6.45, 7) is 4.20. The van der Waals surface area contributed by atoms with Crippen molar-refractivity contribution in [2.75, 3.05) is 6.54 Å². The van der Waals surface area contributed by atoms with Gasteiger partial charge < -0.3 is 10.1 Å². The second kappa shape index (κ2) is 8.29. The van der Waals surface area contributed by atoms with Gasteiger partial charge >= 0.3 is 5.97 Å². The van der Waals surface area contributed by atoms with Crippen molar-refractivity contribution < 1.29 is 14.3 Å². The molecule has 1 rings (SSSR count). The number of hydrogen-bond donors (Lipinski definition) is 1. The number of benzene rings is 1. The molecule has 4 heteroatoms. The minimum atomic E-state index is -0.367. The highest BCUT2D eigenvalue weighted by Gasteiger charge is 2.05. The van der Waals surface area contributed by atoms with E-state index in [1.807, 2.05) is 0 Å². The van der Waals surface area contributed by atoms with Gasteiger partial charge in [-0.05, 0) is 30.7 Å². The molecule has 19 heavy (non-hydrogen) atoms. The van der Waals surface area contributed by atoms with Crippen LogP contribution in [0.25, 0.3) is 0 Å². The molecule has 0 atom stereocenters. The van der Waals surface area contributed by atoms with E-state index < -0.39 is 0 Å². The largest absolute Gasteiger partial charge is 0.427 e. The van der Waals surface area contributed by atoms with Gasteiger partial charge in [0.1, 0.15) is 5.75 Å². The van der Waals surface area contributed by atoms with Gasteiger partial charge in [0.15, 0.2) is 0 Å². The molecule has 0 aliphatic rings. The van der Waals surface area contributed by atoms with Gasteiger partial charge in [0.2, 0.25) is 0 Å². The van der Waals surface area contributed by atoms with Crippen LogP contribution in [0.1, 0.15) is 49.9 Å². The highest BCUT2D eigenvalue weighted by atomic mass is 16.5. The minimum absolute atomic E-state index is 0.0918. The third-order valence-electron chi connectivity index (χ3n) is 2.69. The molecule has 0 bridgehead atoms. The lowest BCUT2D eigenvalue weighted by Gasteiger charge is -2.06. The van der Waals surface area contributed by atoms with E-state index in [4.69, 9.17) is 4.74 Å². The zero-order chi connectivity index (χ0) is 14.1. The molecule has 0 radical (unpaired) electrons. The molecule has 1 N–H and O–H groups in total. The summed E-state index contributed by atoms with van der Waals surface area (Å²) in [6, 6.07) is 6.54. The first-order chi connectivity index (χ1) is 9.13. The van der Waals surface area contributed by atoms with Gasteiger partial charge in [0.05, 0.1) is 0 Å². The highest BCUT2D eigenvalue weighted by molar-refractivity contribution is 5.94. The number of ether oxygens (including phenoxy) is 1. The summed E-state index contributed by atoms with van der Waals surface area (Å²) in [6.07, 6.45) is 4.53. The number of rotatable bonds is 7. The summed E-state index contributed by atoms with van der Waals surface area (Å²) in [4.78, 5) is 22.6. The Hall–Kier alpha value is -1.84. The molecule has 0 aliphatic carbocycles. The molecule has 1 amide bonds. The van der Waals surface area contributed by atoms with Crippen LogP contribution in [-0.4, -0.2) is 18.4 Å². The van der Waals surface area contributed by atoms with E-state index in [0.717, 1.165) is 12.8 Å². The van der Waals surface area contributed by atoms with Crippen molar-refractivity contribution in [2.24, 2.45) is 0 Å². The van der Waals surface area contributed by atoms with Crippen molar-refractivity contribution in [3.8, 4) is 5.75 Å². The van der Waals surface area contributed by atoms with Crippen LogP contribution in [0.4, 0.5) is 0 Å². The Morgan fingerprint density at radius 2 is 1.79 bits per heavy atom. The lowest BCUT2D eigenvalue weighted by Crippen LogP contribution is -2.24. The van der Waals surface area contributed by atoms with E-state index in [2.05, 4.69) is 12.2 Å². The summed E-state index contributed by atoms with van der Waals surface area (Å²) < 4.78 is 4.90. The van der Waals surface area contributed by atoms with Crippen LogP contribution in [0.15, 0.2) is 24.3 Å². The Kier molecular flexibility index (Phi) is 6.64. The fraction of sp³-hybridized carbons (Fsp3) is 0.467. The fourth-order valence-corrected chi connectivity index (χ4v) is 1.70. The molecule has 0 aromatic heterocycles. The van der Waals surface area contributed by atoms with Crippen LogP contribution < -0.4 is 10.1 Å². The van der Waals surface area contributed by atoms with E-state index in [9.17, 15) is 9.59 Å². The zero-order valence-corrected chi connectivity index (χ0v) is 11.6. The van der Waals surface area contributed by atoms with Gasteiger partial charge in [0.25, 0.3) is 5.91 Å². The third-order valence-corrected chi connectivity index (χ3v) is 2.69. The number of nitrogens with one attached hydrogen (secondary N) is 1. The molecule has 1 aromatic rings. The van der Waals surface area contributed by atoms with Crippen LogP contribution in [0.5, 0.6) is 5.75 Å². The van der Waals surface area contributed by atoms with E-state index in [1.54, 1.807) is 24.3 Å². The van der Waals surface area contributed by atoms with Crippen molar-refractivity contribution in [2.45, 2.75) is 39.5 Å². The number of hydrogen-bond acceptors (Lipinski definition) is 3. The van der Waals surface area contributed by atoms with Gasteiger partial charge in [0, 0.05) is 19.0 Å². The average molecular weight is 263 g/mol. The minimum Gasteiger partial charge on any atom is -0.427 e. The van der Waals surface area contributed by atoms with Gasteiger partial charge in [-0.3, -0.25) is 9.59 Å². The Bertz CT molecular complexity index is 412. The van der Waals surface area contributed by atoms with E-state index in [-0.39, 0.29) is 11.9 Å². The Morgan fingerprint density at radius 3 is 2.37 bits per heavy atom. The molecule has 4 nitrogen and oxygen atoms in total. The molecule has 1 aromatic carbocycles. The van der Waals surface area contributed by atoms with Crippen LogP contribution in [0.3, 0.4) is 0 Å². The van der Waals surface area contributed by atoms with Gasteiger partial charge in [-0.1, -0.05) is 26.2 Å². The molecular formula is C15H21NO3. The maximum Gasteiger partial charge on any atom is 0.308 e. The third kappa shape index (κ3) is 6.04. The number of carbonyl (C=O) groups is 2. The number of esters is 1. The Morgan fingerprint density at radius 1 is 1.11 bits per heavy atom. The first kappa shape index (κ1) is 15.2. The van der Waals surface area contributed by atoms with Crippen LogP contribution >= 0.6 is 0 Å². The maximum atomic E-state index is 11.8. The first-order valence-corrected chi connectivity index (χ1v) is 6.70. The first-order valence-electron chi connectivity index (χ1n) is 6.70. The molecule has 0 aliphatic heterocycles. The topological polar surface area (TPSA) is 55.4 Å². The fourth-order valence-electron chi connectivity index (χ4n) is 1.70. The summed E-state index contributed by atoms with van der Waals surface area (Å²) in [7, 11) is 0. The van der Waals surface area contributed by atoms with Crippen LogP contribution in [0.2, 0.25) is 0 Å². The molecule has 104 valence electrons. The second-order valence-corrected chi connectivity index (χ2v) is 4.43.